The summed E-state index contributed by atoms with van der Waals surface area (Å²) in [5, 5.41) is 0. The number of benzene rings is 3. The van der Waals surface area contributed by atoms with Crippen molar-refractivity contribution in [2.75, 3.05) is 11.4 Å². The molecule has 0 atom stereocenters. The van der Waals surface area contributed by atoms with E-state index in [2.05, 4.69) is 23.1 Å². The Morgan fingerprint density at radius 1 is 0.788 bits per heavy atom. The van der Waals surface area contributed by atoms with Crippen LogP contribution in [-0.2, 0) is 22.6 Å². The van der Waals surface area contributed by atoms with Gasteiger partial charge in [0.25, 0.3) is 11.8 Å². The molecule has 5 heteroatoms. The van der Waals surface area contributed by atoms with Gasteiger partial charge in [0.15, 0.2) is 0 Å². The number of nitrogens with zero attached hydrogens (tertiary/aromatic N) is 2. The van der Waals surface area contributed by atoms with E-state index in [1.165, 1.54) is 27.8 Å². The van der Waals surface area contributed by atoms with E-state index in [-0.39, 0.29) is 11.8 Å². The Bertz CT molecular complexity index is 1290. The molecular formula is C28H26N2O2S. The van der Waals surface area contributed by atoms with E-state index in [0.29, 0.717) is 29.4 Å². The second kappa shape index (κ2) is 8.56. The molecule has 0 N–H and O–H groups in total. The average molecular weight is 455 g/mol. The number of imide groups is 1. The van der Waals surface area contributed by atoms with Crippen LogP contribution >= 0.6 is 11.8 Å². The second-order valence-corrected chi connectivity index (χ2v) is 9.85. The van der Waals surface area contributed by atoms with Crippen LogP contribution in [0.1, 0.15) is 27.8 Å². The van der Waals surface area contributed by atoms with E-state index >= 15 is 0 Å². The standard InChI is InChI=1S/C28H26N2O2S/c1-18-8-11-23(12-9-18)33-26-25(29-15-14-21-6-4-5-7-22(21)17-29)27(31)30(28(26)32)24-13-10-19(2)16-20(24)3/h4-13,16H,14-15,17H2,1-3H3. The van der Waals surface area contributed by atoms with Crippen molar-refractivity contribution in [3.63, 3.8) is 0 Å². The lowest BCUT2D eigenvalue weighted by molar-refractivity contribution is -0.121. The fraction of sp³-hybridized carbons (Fsp3) is 0.214. The molecule has 4 nitrogen and oxygen atoms in total. The first kappa shape index (κ1) is 21.5. The SMILES string of the molecule is Cc1ccc(SC2=C(N3CCc4ccccc4C3)C(=O)N(c3ccc(C)cc3C)C2=O)cc1. The number of aryl methyl sites for hydroxylation is 3. The number of fused-ring (bicyclic) bond motifs is 1. The predicted octanol–water partition coefficient (Wildman–Crippen LogP) is 5.55. The molecule has 5 rings (SSSR count). The summed E-state index contributed by atoms with van der Waals surface area (Å²) < 4.78 is 0. The Balaban J connectivity index is 1.57. The minimum Gasteiger partial charge on any atom is -0.361 e. The van der Waals surface area contributed by atoms with Gasteiger partial charge in [-0.3, -0.25) is 9.59 Å². The molecule has 0 aromatic heterocycles. The first-order valence-corrected chi connectivity index (χ1v) is 12.0. The lowest BCUT2D eigenvalue weighted by atomic mass is 9.99. The van der Waals surface area contributed by atoms with Gasteiger partial charge in [0.2, 0.25) is 0 Å². The molecule has 0 radical (unpaired) electrons. The van der Waals surface area contributed by atoms with Crippen LogP contribution in [0.25, 0.3) is 0 Å². The van der Waals surface area contributed by atoms with Gasteiger partial charge in [-0.1, -0.05) is 71.4 Å². The van der Waals surface area contributed by atoms with Gasteiger partial charge in [0, 0.05) is 18.0 Å². The van der Waals surface area contributed by atoms with Crippen LogP contribution in [0.4, 0.5) is 5.69 Å². The summed E-state index contributed by atoms with van der Waals surface area (Å²) in [5.41, 5.74) is 6.87. The monoisotopic (exact) mass is 454 g/mol. The first-order valence-electron chi connectivity index (χ1n) is 11.2. The number of hydrogen-bond donors (Lipinski definition) is 0. The van der Waals surface area contributed by atoms with Crippen LogP contribution in [0.5, 0.6) is 0 Å². The molecule has 33 heavy (non-hydrogen) atoms. The Labute approximate surface area is 198 Å². The predicted molar refractivity (Wildman–Crippen MR) is 133 cm³/mol. The Morgan fingerprint density at radius 3 is 2.21 bits per heavy atom. The van der Waals surface area contributed by atoms with E-state index in [1.807, 2.05) is 69.3 Å². The third kappa shape index (κ3) is 3.98. The lowest BCUT2D eigenvalue weighted by Crippen LogP contribution is -2.37. The first-order chi connectivity index (χ1) is 15.9. The molecule has 2 aliphatic heterocycles. The molecule has 0 unspecified atom stereocenters. The third-order valence-electron chi connectivity index (χ3n) is 6.30. The molecular weight excluding hydrogens is 428 g/mol. The number of thioether (sulfide) groups is 1. The number of amides is 2. The summed E-state index contributed by atoms with van der Waals surface area (Å²) in [5.74, 6) is -0.479. The Kier molecular flexibility index (Phi) is 5.59. The average Bonchev–Trinajstić information content (AvgIpc) is 3.04. The van der Waals surface area contributed by atoms with E-state index in [9.17, 15) is 9.59 Å². The van der Waals surface area contributed by atoms with Gasteiger partial charge in [-0.2, -0.15) is 0 Å². The van der Waals surface area contributed by atoms with Crippen LogP contribution in [-0.4, -0.2) is 23.3 Å². The highest BCUT2D eigenvalue weighted by Crippen LogP contribution is 2.40. The van der Waals surface area contributed by atoms with Crippen LogP contribution in [0, 0.1) is 20.8 Å². The molecule has 0 aliphatic carbocycles. The minimum absolute atomic E-state index is 0.235. The summed E-state index contributed by atoms with van der Waals surface area (Å²) in [6, 6.07) is 22.3. The second-order valence-electron chi connectivity index (χ2n) is 8.77. The number of carbonyl (C=O) groups is 2. The van der Waals surface area contributed by atoms with E-state index < -0.39 is 0 Å². The highest BCUT2D eigenvalue weighted by Gasteiger charge is 2.43. The Hall–Kier alpha value is -3.31. The fourth-order valence-corrected chi connectivity index (χ4v) is 5.55. The van der Waals surface area contributed by atoms with Gasteiger partial charge >= 0.3 is 0 Å². The number of hydrogen-bond acceptors (Lipinski definition) is 4. The molecule has 2 heterocycles. The van der Waals surface area contributed by atoms with Crippen molar-refractivity contribution in [1.29, 1.82) is 0 Å². The highest BCUT2D eigenvalue weighted by atomic mass is 32.2. The van der Waals surface area contributed by atoms with Gasteiger partial charge in [-0.05, 0) is 62.1 Å². The van der Waals surface area contributed by atoms with Gasteiger partial charge in [-0.15, -0.1) is 0 Å². The molecule has 3 aromatic rings. The molecule has 0 spiro atoms. The van der Waals surface area contributed by atoms with Crippen LogP contribution < -0.4 is 4.90 Å². The van der Waals surface area contributed by atoms with Crippen molar-refractivity contribution >= 4 is 29.3 Å². The summed E-state index contributed by atoms with van der Waals surface area (Å²) >= 11 is 1.39. The van der Waals surface area contributed by atoms with E-state index in [1.54, 1.807) is 0 Å². The maximum absolute atomic E-state index is 13.8. The zero-order valence-electron chi connectivity index (χ0n) is 19.1. The maximum Gasteiger partial charge on any atom is 0.283 e. The van der Waals surface area contributed by atoms with Gasteiger partial charge in [-0.25, -0.2) is 4.90 Å². The number of anilines is 1. The normalized spacial score (nSPS) is 16.0. The van der Waals surface area contributed by atoms with E-state index in [4.69, 9.17) is 0 Å². The quantitative estimate of drug-likeness (QED) is 0.485. The summed E-state index contributed by atoms with van der Waals surface area (Å²) in [6.07, 6.45) is 0.854. The topological polar surface area (TPSA) is 40.6 Å². The molecule has 0 bridgehead atoms. The number of carbonyl (C=O) groups excluding carboxylic acids is 2. The Morgan fingerprint density at radius 2 is 1.48 bits per heavy atom. The van der Waals surface area contributed by atoms with Crippen molar-refractivity contribution in [1.82, 2.24) is 4.90 Å². The van der Waals surface area contributed by atoms with Gasteiger partial charge in [0.1, 0.15) is 10.6 Å². The van der Waals surface area contributed by atoms with E-state index in [0.717, 1.165) is 28.0 Å². The highest BCUT2D eigenvalue weighted by molar-refractivity contribution is 8.04. The molecule has 3 aromatic carbocycles. The number of rotatable bonds is 4. The zero-order chi connectivity index (χ0) is 23.1. The van der Waals surface area contributed by atoms with Gasteiger partial charge < -0.3 is 4.90 Å². The van der Waals surface area contributed by atoms with Crippen molar-refractivity contribution in [2.45, 2.75) is 38.6 Å². The fourth-order valence-electron chi connectivity index (χ4n) is 4.55. The smallest absolute Gasteiger partial charge is 0.283 e. The lowest BCUT2D eigenvalue weighted by Gasteiger charge is -2.31. The molecule has 2 aliphatic rings. The maximum atomic E-state index is 13.8. The molecule has 166 valence electrons. The largest absolute Gasteiger partial charge is 0.361 e. The van der Waals surface area contributed by atoms with Crippen molar-refractivity contribution in [3.05, 3.63) is 105 Å². The summed E-state index contributed by atoms with van der Waals surface area (Å²) in [6.45, 7) is 7.34. The van der Waals surface area contributed by atoms with Gasteiger partial charge in [0.05, 0.1) is 5.69 Å². The molecule has 0 fully saturated rings. The minimum atomic E-state index is -0.244. The van der Waals surface area contributed by atoms with Crippen molar-refractivity contribution in [3.8, 4) is 0 Å². The summed E-state index contributed by atoms with van der Waals surface area (Å²) in [4.78, 5) is 32.4. The van der Waals surface area contributed by atoms with Crippen molar-refractivity contribution in [2.24, 2.45) is 0 Å². The van der Waals surface area contributed by atoms with Crippen LogP contribution in [0.2, 0.25) is 0 Å². The molecule has 0 saturated heterocycles. The molecule has 2 amide bonds. The van der Waals surface area contributed by atoms with Crippen LogP contribution in [0.3, 0.4) is 0 Å². The van der Waals surface area contributed by atoms with Crippen LogP contribution in [0.15, 0.2) is 82.2 Å². The van der Waals surface area contributed by atoms with Crippen molar-refractivity contribution < 1.29 is 9.59 Å². The molecule has 0 saturated carbocycles. The third-order valence-corrected chi connectivity index (χ3v) is 7.38. The summed E-state index contributed by atoms with van der Waals surface area (Å²) in [7, 11) is 0. The zero-order valence-corrected chi connectivity index (χ0v) is 19.9.